The molecule has 0 aliphatic carbocycles. The molecule has 0 bridgehead atoms. The Bertz CT molecular complexity index is 417. The molecule has 1 heterocycles. The average molecular weight is 282 g/mol. The van der Waals surface area contributed by atoms with E-state index in [2.05, 4.69) is 20.6 Å². The van der Waals surface area contributed by atoms with Gasteiger partial charge in [-0.25, -0.2) is 9.78 Å². The van der Waals surface area contributed by atoms with Gasteiger partial charge in [0, 0.05) is 30.8 Å². The van der Waals surface area contributed by atoms with Gasteiger partial charge in [-0.3, -0.25) is 4.79 Å². The Balaban J connectivity index is 2.34. The number of aromatic amines is 1. The van der Waals surface area contributed by atoms with Crippen LogP contribution in [0.15, 0.2) is 12.5 Å². The van der Waals surface area contributed by atoms with Crippen LogP contribution < -0.4 is 10.6 Å². The summed E-state index contributed by atoms with van der Waals surface area (Å²) in [7, 11) is 0. The summed E-state index contributed by atoms with van der Waals surface area (Å²) in [5.41, 5.74) is 0.680. The second-order valence-corrected chi connectivity index (χ2v) is 4.95. The Morgan fingerprint density at radius 1 is 1.45 bits per heavy atom. The number of aliphatic carboxylic acids is 1. The molecule has 0 saturated heterocycles. The Morgan fingerprint density at radius 2 is 2.20 bits per heavy atom. The fraction of sp³-hybridized carbons (Fsp3) is 0.615. The van der Waals surface area contributed by atoms with Crippen LogP contribution in [0, 0.1) is 0 Å². The Morgan fingerprint density at radius 3 is 2.75 bits per heavy atom. The quantitative estimate of drug-likeness (QED) is 0.487. The molecular weight excluding hydrogens is 260 g/mol. The summed E-state index contributed by atoms with van der Waals surface area (Å²) in [6.45, 7) is 4.80. The SMILES string of the molecule is CC(C)NCCCC(=O)N[C@H](Cc1cnc[nH]1)C(=O)O. The molecule has 1 amide bonds. The summed E-state index contributed by atoms with van der Waals surface area (Å²) >= 11 is 0. The number of carbonyl (C=O) groups excluding carboxylic acids is 1. The van der Waals surface area contributed by atoms with Crippen molar-refractivity contribution in [3.05, 3.63) is 18.2 Å². The molecule has 1 aromatic rings. The molecule has 0 fully saturated rings. The second kappa shape index (κ2) is 8.31. The van der Waals surface area contributed by atoms with Crippen molar-refractivity contribution in [1.82, 2.24) is 20.6 Å². The fourth-order valence-corrected chi connectivity index (χ4v) is 1.72. The molecule has 1 aromatic heterocycles. The van der Waals surface area contributed by atoms with Gasteiger partial charge in [0.15, 0.2) is 0 Å². The lowest BCUT2D eigenvalue weighted by Crippen LogP contribution is -2.42. The van der Waals surface area contributed by atoms with E-state index in [1.54, 1.807) is 6.20 Å². The lowest BCUT2D eigenvalue weighted by atomic mass is 10.1. The van der Waals surface area contributed by atoms with Crippen molar-refractivity contribution in [2.75, 3.05) is 6.54 Å². The molecular formula is C13H22N4O3. The minimum absolute atomic E-state index is 0.200. The highest BCUT2D eigenvalue weighted by Crippen LogP contribution is 2.00. The summed E-state index contributed by atoms with van der Waals surface area (Å²) in [6, 6.07) is -0.550. The van der Waals surface area contributed by atoms with Gasteiger partial charge in [0.05, 0.1) is 6.33 Å². The van der Waals surface area contributed by atoms with Gasteiger partial charge in [0.25, 0.3) is 0 Å². The standard InChI is InChI=1S/C13H22N4O3/c1-9(2)15-5-3-4-12(18)17-11(13(19)20)6-10-7-14-8-16-10/h7-9,11,15H,3-6H2,1-2H3,(H,14,16)(H,17,18)(H,19,20)/t11-/m1/s1. The van der Waals surface area contributed by atoms with E-state index in [1.807, 2.05) is 13.8 Å². The number of imidazole rings is 1. The van der Waals surface area contributed by atoms with Crippen LogP contribution >= 0.6 is 0 Å². The maximum Gasteiger partial charge on any atom is 0.326 e. The minimum atomic E-state index is -1.05. The normalized spacial score (nSPS) is 12.3. The van der Waals surface area contributed by atoms with E-state index in [9.17, 15) is 9.59 Å². The van der Waals surface area contributed by atoms with E-state index in [0.29, 0.717) is 24.6 Å². The molecule has 0 aromatic carbocycles. The predicted octanol–water partition coefficient (Wildman–Crippen LogP) is 0.300. The third-order valence-electron chi connectivity index (χ3n) is 2.75. The van der Waals surface area contributed by atoms with E-state index in [0.717, 1.165) is 6.54 Å². The fourth-order valence-electron chi connectivity index (χ4n) is 1.72. The Labute approximate surface area is 118 Å². The van der Waals surface area contributed by atoms with Crippen LogP contribution in [0.4, 0.5) is 0 Å². The second-order valence-electron chi connectivity index (χ2n) is 4.95. The molecule has 0 unspecified atom stereocenters. The summed E-state index contributed by atoms with van der Waals surface area (Å²) < 4.78 is 0. The van der Waals surface area contributed by atoms with Gasteiger partial charge in [-0.05, 0) is 13.0 Å². The average Bonchev–Trinajstić information content (AvgIpc) is 2.86. The van der Waals surface area contributed by atoms with E-state index < -0.39 is 12.0 Å². The maximum atomic E-state index is 11.7. The number of nitrogens with one attached hydrogen (secondary N) is 3. The van der Waals surface area contributed by atoms with Gasteiger partial charge in [0.2, 0.25) is 5.91 Å². The zero-order chi connectivity index (χ0) is 15.0. The van der Waals surface area contributed by atoms with Gasteiger partial charge in [-0.1, -0.05) is 13.8 Å². The number of carboxylic acids is 1. The smallest absolute Gasteiger partial charge is 0.326 e. The van der Waals surface area contributed by atoms with Gasteiger partial charge in [-0.2, -0.15) is 0 Å². The number of H-pyrrole nitrogens is 1. The first-order valence-corrected chi connectivity index (χ1v) is 6.72. The molecule has 0 aliphatic rings. The predicted molar refractivity (Wildman–Crippen MR) is 74.2 cm³/mol. The number of carboxylic acid groups (broad SMARTS) is 1. The molecule has 0 radical (unpaired) electrons. The highest BCUT2D eigenvalue weighted by atomic mass is 16.4. The van der Waals surface area contributed by atoms with Crippen LogP contribution in [-0.2, 0) is 16.0 Å². The van der Waals surface area contributed by atoms with Crippen molar-refractivity contribution in [2.24, 2.45) is 0 Å². The third-order valence-corrected chi connectivity index (χ3v) is 2.75. The lowest BCUT2D eigenvalue weighted by molar-refractivity contribution is -0.141. The molecule has 0 saturated carbocycles. The number of nitrogens with zero attached hydrogens (tertiary/aromatic N) is 1. The van der Waals surface area contributed by atoms with Crippen LogP contribution in [-0.4, -0.2) is 45.6 Å². The number of amides is 1. The monoisotopic (exact) mass is 282 g/mol. The third kappa shape index (κ3) is 6.33. The summed E-state index contributed by atoms with van der Waals surface area (Å²) in [4.78, 5) is 29.5. The number of rotatable bonds is 9. The van der Waals surface area contributed by atoms with Crippen molar-refractivity contribution in [2.45, 2.75) is 45.2 Å². The van der Waals surface area contributed by atoms with Crippen LogP contribution in [0.25, 0.3) is 0 Å². The van der Waals surface area contributed by atoms with Crippen LogP contribution in [0.3, 0.4) is 0 Å². The lowest BCUT2D eigenvalue weighted by Gasteiger charge is -2.14. The molecule has 0 spiro atoms. The van der Waals surface area contributed by atoms with Crippen LogP contribution in [0.2, 0.25) is 0 Å². The Kier molecular flexibility index (Phi) is 6.72. The highest BCUT2D eigenvalue weighted by molar-refractivity contribution is 5.83. The van der Waals surface area contributed by atoms with Gasteiger partial charge >= 0.3 is 5.97 Å². The molecule has 0 aliphatic heterocycles. The first-order chi connectivity index (χ1) is 9.49. The molecule has 1 rings (SSSR count). The number of carbonyl (C=O) groups is 2. The van der Waals surface area contributed by atoms with E-state index >= 15 is 0 Å². The Hall–Kier alpha value is -1.89. The number of hydrogen-bond donors (Lipinski definition) is 4. The zero-order valence-electron chi connectivity index (χ0n) is 11.8. The molecule has 4 N–H and O–H groups in total. The molecule has 1 atom stereocenters. The minimum Gasteiger partial charge on any atom is -0.480 e. The van der Waals surface area contributed by atoms with E-state index in [1.165, 1.54) is 6.33 Å². The first kappa shape index (κ1) is 16.2. The van der Waals surface area contributed by atoms with Crippen molar-refractivity contribution in [3.8, 4) is 0 Å². The zero-order valence-corrected chi connectivity index (χ0v) is 11.8. The summed E-state index contributed by atoms with van der Waals surface area (Å²) in [6.07, 6.45) is 4.22. The molecule has 112 valence electrons. The van der Waals surface area contributed by atoms with Gasteiger partial charge in [0.1, 0.15) is 6.04 Å². The van der Waals surface area contributed by atoms with Crippen LogP contribution in [0.5, 0.6) is 0 Å². The first-order valence-electron chi connectivity index (χ1n) is 6.72. The van der Waals surface area contributed by atoms with E-state index in [4.69, 9.17) is 5.11 Å². The van der Waals surface area contributed by atoms with Gasteiger partial charge in [-0.15, -0.1) is 0 Å². The maximum absolute atomic E-state index is 11.7. The van der Waals surface area contributed by atoms with Crippen molar-refractivity contribution < 1.29 is 14.7 Å². The topological polar surface area (TPSA) is 107 Å². The van der Waals surface area contributed by atoms with Crippen molar-refractivity contribution >= 4 is 11.9 Å². The number of aromatic nitrogens is 2. The largest absolute Gasteiger partial charge is 0.480 e. The molecule has 7 nitrogen and oxygen atoms in total. The van der Waals surface area contributed by atoms with Crippen molar-refractivity contribution in [3.63, 3.8) is 0 Å². The summed E-state index contributed by atoms with van der Waals surface area (Å²) in [5.74, 6) is -1.30. The number of hydrogen-bond acceptors (Lipinski definition) is 4. The molecule has 20 heavy (non-hydrogen) atoms. The van der Waals surface area contributed by atoms with Gasteiger partial charge < -0.3 is 20.7 Å². The summed E-state index contributed by atoms with van der Waals surface area (Å²) in [5, 5.41) is 14.8. The highest BCUT2D eigenvalue weighted by Gasteiger charge is 2.20. The van der Waals surface area contributed by atoms with Crippen molar-refractivity contribution in [1.29, 1.82) is 0 Å². The molecule has 7 heteroatoms. The van der Waals surface area contributed by atoms with Crippen LogP contribution in [0.1, 0.15) is 32.4 Å². The van der Waals surface area contributed by atoms with E-state index in [-0.39, 0.29) is 12.3 Å².